The summed E-state index contributed by atoms with van der Waals surface area (Å²) >= 11 is 0. The van der Waals surface area contributed by atoms with Crippen LogP contribution in [-0.2, 0) is 0 Å². The molecule has 0 aliphatic rings. The predicted octanol–water partition coefficient (Wildman–Crippen LogP) is 5.76. The Morgan fingerprint density at radius 1 is 0.550 bits per heavy atom. The Balaban J connectivity index is 2.24. The van der Waals surface area contributed by atoms with Crippen molar-refractivity contribution in [3.05, 3.63) is 71.8 Å². The van der Waals surface area contributed by atoms with Gasteiger partial charge < -0.3 is 0 Å². The van der Waals surface area contributed by atoms with Gasteiger partial charge in [-0.2, -0.15) is 0 Å². The van der Waals surface area contributed by atoms with E-state index < -0.39 is 0 Å². The van der Waals surface area contributed by atoms with E-state index in [4.69, 9.17) is 0 Å². The molecule has 0 heterocycles. The van der Waals surface area contributed by atoms with Crippen molar-refractivity contribution in [3.8, 4) is 0 Å². The van der Waals surface area contributed by atoms with Gasteiger partial charge in [0.15, 0.2) is 0 Å². The van der Waals surface area contributed by atoms with Crippen molar-refractivity contribution in [1.82, 2.24) is 0 Å². The topological polar surface area (TPSA) is 0 Å². The van der Waals surface area contributed by atoms with E-state index in [9.17, 15) is 0 Å². The van der Waals surface area contributed by atoms with E-state index in [1.165, 1.54) is 43.4 Å². The van der Waals surface area contributed by atoms with Gasteiger partial charge in [-0.1, -0.05) is 54.1 Å². The Labute approximate surface area is 118 Å². The van der Waals surface area contributed by atoms with E-state index >= 15 is 0 Å². The van der Waals surface area contributed by atoms with Gasteiger partial charge in [0.1, 0.15) is 0 Å². The van der Waals surface area contributed by atoms with E-state index in [2.05, 4.69) is 74.5 Å². The Hall–Kier alpha value is -2.34. The van der Waals surface area contributed by atoms with Crippen LogP contribution in [0.5, 0.6) is 0 Å². The molecule has 0 nitrogen and oxygen atoms in total. The average Bonchev–Trinajstić information content (AvgIpc) is 2.45. The van der Waals surface area contributed by atoms with Crippen molar-refractivity contribution in [2.45, 2.75) is 13.8 Å². The van der Waals surface area contributed by atoms with Gasteiger partial charge in [-0.15, -0.1) is 0 Å². The van der Waals surface area contributed by atoms with Gasteiger partial charge in [0.05, 0.1) is 0 Å². The van der Waals surface area contributed by atoms with Crippen LogP contribution in [0.4, 0.5) is 0 Å². The summed E-state index contributed by atoms with van der Waals surface area (Å²) in [5.74, 6) is 0. The zero-order valence-electron chi connectivity index (χ0n) is 11.8. The third-order valence-electron chi connectivity index (χ3n) is 4.17. The van der Waals surface area contributed by atoms with E-state index in [1.807, 2.05) is 0 Å². The molecule has 4 rings (SSSR count). The van der Waals surface area contributed by atoms with Gasteiger partial charge in [0.25, 0.3) is 0 Å². The lowest BCUT2D eigenvalue weighted by molar-refractivity contribution is 1.43. The van der Waals surface area contributed by atoms with Gasteiger partial charge in [0, 0.05) is 0 Å². The minimum absolute atomic E-state index is 1.31. The lowest BCUT2D eigenvalue weighted by Gasteiger charge is -2.09. The molecule has 0 radical (unpaired) electrons. The average molecular weight is 256 g/mol. The highest BCUT2D eigenvalue weighted by molar-refractivity contribution is 6.12. The Kier molecular flexibility index (Phi) is 2.34. The number of aryl methyl sites for hydroxylation is 2. The second kappa shape index (κ2) is 4.08. The van der Waals surface area contributed by atoms with Crippen LogP contribution in [-0.4, -0.2) is 0 Å². The van der Waals surface area contributed by atoms with E-state index in [-0.39, 0.29) is 0 Å². The normalized spacial score (nSPS) is 11.5. The summed E-state index contributed by atoms with van der Waals surface area (Å²) < 4.78 is 0. The smallest absolute Gasteiger partial charge is 0.00989 e. The van der Waals surface area contributed by atoms with Crippen LogP contribution in [0.3, 0.4) is 0 Å². The quantitative estimate of drug-likeness (QED) is 0.277. The first-order valence-electron chi connectivity index (χ1n) is 7.05. The minimum Gasteiger partial charge on any atom is -0.0616 e. The number of benzene rings is 4. The van der Waals surface area contributed by atoms with Gasteiger partial charge in [-0.25, -0.2) is 0 Å². The highest BCUT2D eigenvalue weighted by atomic mass is 14.1. The molecule has 0 fully saturated rings. The van der Waals surface area contributed by atoms with Crippen LogP contribution in [0, 0.1) is 13.8 Å². The fraction of sp³-hybridized carbons (Fsp3) is 0.100. The Morgan fingerprint density at radius 3 is 2.25 bits per heavy atom. The van der Waals surface area contributed by atoms with E-state index in [0.29, 0.717) is 0 Å². The Bertz CT molecular complexity index is 962. The highest BCUT2D eigenvalue weighted by Crippen LogP contribution is 2.31. The molecule has 0 heteroatoms. The molecule has 0 bridgehead atoms. The van der Waals surface area contributed by atoms with Crippen molar-refractivity contribution < 1.29 is 0 Å². The summed E-state index contributed by atoms with van der Waals surface area (Å²) in [5.41, 5.74) is 2.69. The van der Waals surface area contributed by atoms with Crippen LogP contribution < -0.4 is 0 Å². The molecule has 96 valence electrons. The maximum atomic E-state index is 2.35. The lowest BCUT2D eigenvalue weighted by Crippen LogP contribution is -1.84. The summed E-state index contributed by atoms with van der Waals surface area (Å²) in [7, 11) is 0. The van der Waals surface area contributed by atoms with Crippen molar-refractivity contribution in [2.24, 2.45) is 0 Å². The Morgan fingerprint density at radius 2 is 1.35 bits per heavy atom. The number of hydrogen-bond acceptors (Lipinski definition) is 0. The first-order chi connectivity index (χ1) is 9.72. The minimum atomic E-state index is 1.31. The van der Waals surface area contributed by atoms with E-state index in [0.717, 1.165) is 0 Å². The fourth-order valence-electron chi connectivity index (χ4n) is 3.24. The van der Waals surface area contributed by atoms with Gasteiger partial charge in [-0.05, 0) is 63.9 Å². The van der Waals surface area contributed by atoms with Gasteiger partial charge >= 0.3 is 0 Å². The first kappa shape index (κ1) is 11.5. The standard InChI is InChI=1S/C20H16/c1-13-9-14(2)19-12-20-16(11-17(19)10-13)8-7-15-5-3-4-6-18(15)20/h3-12H,1-2H3. The third-order valence-corrected chi connectivity index (χ3v) is 4.17. The second-order valence-electron chi connectivity index (χ2n) is 5.66. The summed E-state index contributed by atoms with van der Waals surface area (Å²) in [4.78, 5) is 0. The largest absolute Gasteiger partial charge is 0.0616 e. The molecule has 0 aliphatic heterocycles. The molecule has 0 N–H and O–H groups in total. The highest BCUT2D eigenvalue weighted by Gasteiger charge is 2.04. The molecule has 0 spiro atoms. The summed E-state index contributed by atoms with van der Waals surface area (Å²) in [6.45, 7) is 4.36. The summed E-state index contributed by atoms with van der Waals surface area (Å²) in [6, 6.07) is 22.3. The number of fused-ring (bicyclic) bond motifs is 4. The molecular weight excluding hydrogens is 240 g/mol. The van der Waals surface area contributed by atoms with Gasteiger partial charge in [0.2, 0.25) is 0 Å². The molecule has 4 aromatic rings. The monoisotopic (exact) mass is 256 g/mol. The van der Waals surface area contributed by atoms with Crippen LogP contribution in [0.25, 0.3) is 32.3 Å². The molecule has 0 unspecified atom stereocenters. The van der Waals surface area contributed by atoms with Crippen molar-refractivity contribution in [2.75, 3.05) is 0 Å². The lowest BCUT2D eigenvalue weighted by atomic mass is 9.95. The van der Waals surface area contributed by atoms with Crippen LogP contribution >= 0.6 is 0 Å². The molecule has 0 saturated heterocycles. The maximum Gasteiger partial charge on any atom is -0.00989 e. The predicted molar refractivity (Wildman–Crippen MR) is 88.4 cm³/mol. The second-order valence-corrected chi connectivity index (χ2v) is 5.66. The first-order valence-corrected chi connectivity index (χ1v) is 7.05. The van der Waals surface area contributed by atoms with Crippen molar-refractivity contribution in [3.63, 3.8) is 0 Å². The summed E-state index contributed by atoms with van der Waals surface area (Å²) in [6.07, 6.45) is 0. The van der Waals surface area contributed by atoms with Crippen molar-refractivity contribution >= 4 is 32.3 Å². The summed E-state index contributed by atoms with van der Waals surface area (Å²) in [5, 5.41) is 8.02. The SMILES string of the molecule is Cc1cc(C)c2cc3c(ccc4ccccc43)cc2c1. The molecule has 0 saturated carbocycles. The molecule has 0 amide bonds. The van der Waals surface area contributed by atoms with Crippen molar-refractivity contribution in [1.29, 1.82) is 0 Å². The zero-order valence-corrected chi connectivity index (χ0v) is 11.8. The van der Waals surface area contributed by atoms with Crippen LogP contribution in [0.1, 0.15) is 11.1 Å². The fourth-order valence-corrected chi connectivity index (χ4v) is 3.24. The zero-order chi connectivity index (χ0) is 13.7. The molecule has 0 aliphatic carbocycles. The number of hydrogen-bond donors (Lipinski definition) is 0. The number of rotatable bonds is 0. The molecule has 20 heavy (non-hydrogen) atoms. The molecular formula is C20H16. The third kappa shape index (κ3) is 1.61. The maximum absolute atomic E-state index is 2.35. The molecule has 0 atom stereocenters. The van der Waals surface area contributed by atoms with E-state index in [1.54, 1.807) is 0 Å². The molecule has 0 aromatic heterocycles. The van der Waals surface area contributed by atoms with Crippen LogP contribution in [0.15, 0.2) is 60.7 Å². The van der Waals surface area contributed by atoms with Gasteiger partial charge in [-0.3, -0.25) is 0 Å². The molecule has 4 aromatic carbocycles. The van der Waals surface area contributed by atoms with Crippen LogP contribution in [0.2, 0.25) is 0 Å².